The van der Waals surface area contributed by atoms with E-state index in [1.54, 1.807) is 0 Å². The second-order valence-electron chi connectivity index (χ2n) is 4.98. The molecule has 0 aromatic carbocycles. The molecule has 0 aliphatic carbocycles. The van der Waals surface area contributed by atoms with E-state index in [1.807, 2.05) is 0 Å². The average Bonchev–Trinajstić information content (AvgIpc) is 2.79. The Morgan fingerprint density at radius 3 is 2.73 bits per heavy atom. The zero-order valence-corrected chi connectivity index (χ0v) is 9.62. The Bertz CT molecular complexity index is 180. The van der Waals surface area contributed by atoms with Crippen molar-refractivity contribution in [2.24, 2.45) is 5.92 Å². The SMILES string of the molecule is OCC1CCCNC1CCN1CCCC1. The minimum Gasteiger partial charge on any atom is -0.396 e. The molecule has 0 saturated carbocycles. The van der Waals surface area contributed by atoms with Crippen LogP contribution in [0.3, 0.4) is 0 Å². The second kappa shape index (κ2) is 5.83. The Morgan fingerprint density at radius 2 is 2.00 bits per heavy atom. The third kappa shape index (κ3) is 3.16. The molecule has 2 atom stereocenters. The molecule has 15 heavy (non-hydrogen) atoms. The van der Waals surface area contributed by atoms with E-state index in [4.69, 9.17) is 0 Å². The summed E-state index contributed by atoms with van der Waals surface area (Å²) in [6.45, 7) is 5.29. The van der Waals surface area contributed by atoms with Crippen molar-refractivity contribution in [2.45, 2.75) is 38.1 Å². The van der Waals surface area contributed by atoms with E-state index >= 15 is 0 Å². The average molecular weight is 212 g/mol. The fraction of sp³-hybridized carbons (Fsp3) is 1.00. The molecule has 2 rings (SSSR count). The topological polar surface area (TPSA) is 35.5 Å². The van der Waals surface area contributed by atoms with Crippen LogP contribution in [0.5, 0.6) is 0 Å². The molecule has 2 heterocycles. The van der Waals surface area contributed by atoms with E-state index in [-0.39, 0.29) is 0 Å². The molecule has 2 fully saturated rings. The monoisotopic (exact) mass is 212 g/mol. The van der Waals surface area contributed by atoms with Crippen LogP contribution < -0.4 is 5.32 Å². The summed E-state index contributed by atoms with van der Waals surface area (Å²) in [5.41, 5.74) is 0. The molecule has 2 unspecified atom stereocenters. The molecule has 2 N–H and O–H groups in total. The van der Waals surface area contributed by atoms with Gasteiger partial charge in [0.2, 0.25) is 0 Å². The van der Waals surface area contributed by atoms with Gasteiger partial charge >= 0.3 is 0 Å². The largest absolute Gasteiger partial charge is 0.396 e. The van der Waals surface area contributed by atoms with Crippen LogP contribution in [-0.4, -0.2) is 48.8 Å². The highest BCUT2D eigenvalue weighted by Gasteiger charge is 2.24. The molecule has 0 spiro atoms. The summed E-state index contributed by atoms with van der Waals surface area (Å²) in [5, 5.41) is 12.9. The molecule has 0 bridgehead atoms. The van der Waals surface area contributed by atoms with E-state index in [0.717, 1.165) is 6.54 Å². The third-order valence-corrected chi connectivity index (χ3v) is 3.92. The van der Waals surface area contributed by atoms with Gasteiger partial charge in [-0.2, -0.15) is 0 Å². The molecule has 2 aliphatic heterocycles. The van der Waals surface area contributed by atoms with Crippen LogP contribution in [0.15, 0.2) is 0 Å². The number of hydrogen-bond donors (Lipinski definition) is 2. The predicted octanol–water partition coefficient (Wildman–Crippen LogP) is 0.833. The lowest BCUT2D eigenvalue weighted by Crippen LogP contribution is -2.44. The van der Waals surface area contributed by atoms with E-state index in [9.17, 15) is 5.11 Å². The molecule has 0 aromatic rings. The number of nitrogens with zero attached hydrogens (tertiary/aromatic N) is 1. The van der Waals surface area contributed by atoms with Gasteiger partial charge in [-0.15, -0.1) is 0 Å². The first-order valence-electron chi connectivity index (χ1n) is 6.47. The molecule has 2 aliphatic rings. The molecule has 0 radical (unpaired) electrons. The number of hydrogen-bond acceptors (Lipinski definition) is 3. The van der Waals surface area contributed by atoms with E-state index in [1.165, 1.54) is 51.7 Å². The van der Waals surface area contributed by atoms with Crippen molar-refractivity contribution < 1.29 is 5.11 Å². The first-order valence-corrected chi connectivity index (χ1v) is 6.47. The zero-order chi connectivity index (χ0) is 10.5. The smallest absolute Gasteiger partial charge is 0.0474 e. The van der Waals surface area contributed by atoms with Gasteiger partial charge < -0.3 is 15.3 Å². The van der Waals surface area contributed by atoms with Crippen molar-refractivity contribution >= 4 is 0 Å². The summed E-state index contributed by atoms with van der Waals surface area (Å²) in [6, 6.07) is 0.560. The van der Waals surface area contributed by atoms with Crippen LogP contribution in [0.4, 0.5) is 0 Å². The summed E-state index contributed by atoms with van der Waals surface area (Å²) < 4.78 is 0. The van der Waals surface area contributed by atoms with E-state index < -0.39 is 0 Å². The number of aliphatic hydroxyl groups is 1. The van der Waals surface area contributed by atoms with E-state index in [2.05, 4.69) is 10.2 Å². The molecule has 0 amide bonds. The highest BCUT2D eigenvalue weighted by molar-refractivity contribution is 4.82. The fourth-order valence-electron chi connectivity index (χ4n) is 2.90. The predicted molar refractivity (Wildman–Crippen MR) is 61.9 cm³/mol. The minimum atomic E-state index is 0.359. The number of likely N-dealkylation sites (tertiary alicyclic amines) is 1. The molecule has 2 saturated heterocycles. The van der Waals surface area contributed by atoms with Crippen molar-refractivity contribution in [1.82, 2.24) is 10.2 Å². The zero-order valence-electron chi connectivity index (χ0n) is 9.62. The number of rotatable bonds is 4. The maximum Gasteiger partial charge on any atom is 0.0474 e. The summed E-state index contributed by atoms with van der Waals surface area (Å²) in [5.74, 6) is 0.501. The van der Waals surface area contributed by atoms with Crippen LogP contribution in [0.2, 0.25) is 0 Å². The van der Waals surface area contributed by atoms with Gasteiger partial charge in [-0.1, -0.05) is 0 Å². The first kappa shape index (κ1) is 11.4. The van der Waals surface area contributed by atoms with Gasteiger partial charge in [0.25, 0.3) is 0 Å². The number of piperidine rings is 1. The summed E-state index contributed by atoms with van der Waals surface area (Å²) >= 11 is 0. The Labute approximate surface area is 92.8 Å². The second-order valence-corrected chi connectivity index (χ2v) is 4.98. The molecule has 88 valence electrons. The quantitative estimate of drug-likeness (QED) is 0.724. The van der Waals surface area contributed by atoms with Crippen molar-refractivity contribution in [3.05, 3.63) is 0 Å². The van der Waals surface area contributed by atoms with E-state index in [0.29, 0.717) is 18.6 Å². The highest BCUT2D eigenvalue weighted by Crippen LogP contribution is 2.19. The maximum absolute atomic E-state index is 9.30. The summed E-state index contributed by atoms with van der Waals surface area (Å²) in [6.07, 6.45) is 6.40. The molecular formula is C12H24N2O. The third-order valence-electron chi connectivity index (χ3n) is 3.92. The lowest BCUT2D eigenvalue weighted by molar-refractivity contribution is 0.147. The van der Waals surface area contributed by atoms with Gasteiger partial charge in [-0.05, 0) is 64.2 Å². The maximum atomic E-state index is 9.30. The van der Waals surface area contributed by atoms with Gasteiger partial charge in [0.15, 0.2) is 0 Å². The van der Waals surface area contributed by atoms with Crippen LogP contribution in [-0.2, 0) is 0 Å². The summed E-state index contributed by atoms with van der Waals surface area (Å²) in [4.78, 5) is 2.56. The summed E-state index contributed by atoms with van der Waals surface area (Å²) in [7, 11) is 0. The molecule has 3 nitrogen and oxygen atoms in total. The van der Waals surface area contributed by atoms with Gasteiger partial charge in [-0.3, -0.25) is 0 Å². The van der Waals surface area contributed by atoms with Gasteiger partial charge in [0.1, 0.15) is 0 Å². The first-order chi connectivity index (χ1) is 7.40. The van der Waals surface area contributed by atoms with Crippen molar-refractivity contribution in [3.8, 4) is 0 Å². The Kier molecular flexibility index (Phi) is 4.42. The van der Waals surface area contributed by atoms with Crippen molar-refractivity contribution in [3.63, 3.8) is 0 Å². The Hall–Kier alpha value is -0.120. The minimum absolute atomic E-state index is 0.359. The lowest BCUT2D eigenvalue weighted by Gasteiger charge is -2.32. The van der Waals surface area contributed by atoms with Crippen LogP contribution >= 0.6 is 0 Å². The highest BCUT2D eigenvalue weighted by atomic mass is 16.3. The number of nitrogens with one attached hydrogen (secondary N) is 1. The van der Waals surface area contributed by atoms with Crippen LogP contribution in [0.25, 0.3) is 0 Å². The number of aliphatic hydroxyl groups excluding tert-OH is 1. The Morgan fingerprint density at radius 1 is 1.20 bits per heavy atom. The normalized spacial score (nSPS) is 33.4. The molecule has 3 heteroatoms. The van der Waals surface area contributed by atoms with Gasteiger partial charge in [0.05, 0.1) is 0 Å². The fourth-order valence-corrected chi connectivity index (χ4v) is 2.90. The molecular weight excluding hydrogens is 188 g/mol. The van der Waals surface area contributed by atoms with Crippen molar-refractivity contribution in [1.29, 1.82) is 0 Å². The molecule has 0 aromatic heterocycles. The Balaban J connectivity index is 1.71. The lowest BCUT2D eigenvalue weighted by atomic mass is 9.89. The van der Waals surface area contributed by atoms with Crippen molar-refractivity contribution in [2.75, 3.05) is 32.8 Å². The van der Waals surface area contributed by atoms with Crippen LogP contribution in [0, 0.1) is 5.92 Å². The standard InChI is InChI=1S/C12H24N2O/c15-10-11-4-3-6-13-12(11)5-9-14-7-1-2-8-14/h11-13,15H,1-10H2. The van der Waals surface area contributed by atoms with Crippen LogP contribution in [0.1, 0.15) is 32.1 Å². The van der Waals surface area contributed by atoms with Gasteiger partial charge in [-0.25, -0.2) is 0 Å². The van der Waals surface area contributed by atoms with Gasteiger partial charge in [0, 0.05) is 12.6 Å².